The van der Waals surface area contributed by atoms with Gasteiger partial charge in [-0.3, -0.25) is 4.79 Å². The zero-order valence-electron chi connectivity index (χ0n) is 10.8. The number of nitrogen functional groups attached to an aromatic ring is 1. The fourth-order valence-electron chi connectivity index (χ4n) is 2.97. The molecule has 2 N–H and O–H groups in total. The van der Waals surface area contributed by atoms with Gasteiger partial charge in [0.15, 0.2) is 5.78 Å². The van der Waals surface area contributed by atoms with Gasteiger partial charge >= 0.3 is 0 Å². The van der Waals surface area contributed by atoms with E-state index in [0.29, 0.717) is 11.6 Å². The number of hydrogen-bond acceptors (Lipinski definition) is 2. The summed E-state index contributed by atoms with van der Waals surface area (Å²) in [7, 11) is 0. The molecule has 1 saturated carbocycles. The molecule has 3 heteroatoms. The van der Waals surface area contributed by atoms with Crippen LogP contribution in [0.15, 0.2) is 22.7 Å². The van der Waals surface area contributed by atoms with Gasteiger partial charge < -0.3 is 5.73 Å². The van der Waals surface area contributed by atoms with Crippen LogP contribution in [0.5, 0.6) is 0 Å². The lowest BCUT2D eigenvalue weighted by Crippen LogP contribution is -2.27. The van der Waals surface area contributed by atoms with Gasteiger partial charge in [0.25, 0.3) is 0 Å². The molecule has 1 aromatic carbocycles. The van der Waals surface area contributed by atoms with Crippen LogP contribution in [0.4, 0.5) is 5.69 Å². The van der Waals surface area contributed by atoms with E-state index in [1.165, 1.54) is 19.3 Å². The third-order valence-corrected chi connectivity index (χ3v) is 4.72. The molecule has 2 unspecified atom stereocenters. The van der Waals surface area contributed by atoms with Crippen LogP contribution in [0, 0.1) is 11.8 Å². The molecule has 0 radical (unpaired) electrons. The third-order valence-electron chi connectivity index (χ3n) is 4.03. The average Bonchev–Trinajstić information content (AvgIpc) is 2.40. The first-order valence-electron chi connectivity index (χ1n) is 6.72. The molecule has 0 heterocycles. The summed E-state index contributed by atoms with van der Waals surface area (Å²) in [6.07, 6.45) is 5.75. The molecule has 0 spiro atoms. The molecule has 1 aliphatic rings. The molecule has 0 amide bonds. The SMILES string of the molecule is CCC1CCCCC1C(=O)c1cc(N)ccc1Br. The fraction of sp³-hybridized carbons (Fsp3) is 0.533. The highest BCUT2D eigenvalue weighted by atomic mass is 79.9. The highest BCUT2D eigenvalue weighted by molar-refractivity contribution is 9.10. The second kappa shape index (κ2) is 5.87. The highest BCUT2D eigenvalue weighted by Crippen LogP contribution is 2.36. The quantitative estimate of drug-likeness (QED) is 0.663. The van der Waals surface area contributed by atoms with Crippen molar-refractivity contribution in [3.8, 4) is 0 Å². The lowest BCUT2D eigenvalue weighted by atomic mass is 9.74. The van der Waals surface area contributed by atoms with Gasteiger partial charge in [-0.05, 0) is 37.0 Å². The van der Waals surface area contributed by atoms with Crippen LogP contribution >= 0.6 is 15.9 Å². The monoisotopic (exact) mass is 309 g/mol. The summed E-state index contributed by atoms with van der Waals surface area (Å²) < 4.78 is 0.863. The van der Waals surface area contributed by atoms with Crippen LogP contribution in [0.3, 0.4) is 0 Å². The third kappa shape index (κ3) is 2.77. The number of hydrogen-bond donors (Lipinski definition) is 1. The topological polar surface area (TPSA) is 43.1 Å². The first-order chi connectivity index (χ1) is 8.63. The zero-order valence-corrected chi connectivity index (χ0v) is 12.4. The number of rotatable bonds is 3. The van der Waals surface area contributed by atoms with Gasteiger partial charge in [0.1, 0.15) is 0 Å². The van der Waals surface area contributed by atoms with E-state index in [1.807, 2.05) is 12.1 Å². The Morgan fingerprint density at radius 3 is 2.83 bits per heavy atom. The maximum absolute atomic E-state index is 12.7. The number of anilines is 1. The lowest BCUT2D eigenvalue weighted by Gasteiger charge is -2.30. The van der Waals surface area contributed by atoms with Crippen molar-refractivity contribution in [1.82, 2.24) is 0 Å². The fourth-order valence-corrected chi connectivity index (χ4v) is 3.41. The maximum Gasteiger partial charge on any atom is 0.167 e. The molecule has 2 rings (SSSR count). The highest BCUT2D eigenvalue weighted by Gasteiger charge is 2.31. The maximum atomic E-state index is 12.7. The van der Waals surface area contributed by atoms with Crippen LogP contribution in [0.1, 0.15) is 49.4 Å². The van der Waals surface area contributed by atoms with Crippen molar-refractivity contribution in [3.05, 3.63) is 28.2 Å². The molecule has 0 bridgehead atoms. The first-order valence-corrected chi connectivity index (χ1v) is 7.52. The van der Waals surface area contributed by atoms with Crippen molar-refractivity contribution in [2.75, 3.05) is 5.73 Å². The van der Waals surface area contributed by atoms with Gasteiger partial charge in [0, 0.05) is 21.6 Å². The molecule has 1 aromatic rings. The summed E-state index contributed by atoms with van der Waals surface area (Å²) in [4.78, 5) is 12.7. The van der Waals surface area contributed by atoms with Gasteiger partial charge in [-0.25, -0.2) is 0 Å². The van der Waals surface area contributed by atoms with E-state index in [2.05, 4.69) is 22.9 Å². The minimum absolute atomic E-state index is 0.182. The Morgan fingerprint density at radius 1 is 1.39 bits per heavy atom. The average molecular weight is 310 g/mol. The second-order valence-corrected chi connectivity index (χ2v) is 6.02. The smallest absolute Gasteiger partial charge is 0.167 e. The van der Waals surface area contributed by atoms with Crippen molar-refractivity contribution in [3.63, 3.8) is 0 Å². The van der Waals surface area contributed by atoms with Gasteiger partial charge in [0.05, 0.1) is 0 Å². The Morgan fingerprint density at radius 2 is 2.11 bits per heavy atom. The van der Waals surface area contributed by atoms with Crippen LogP contribution in [-0.4, -0.2) is 5.78 Å². The molecule has 0 saturated heterocycles. The number of halogens is 1. The normalized spacial score (nSPS) is 23.9. The predicted octanol–water partition coefficient (Wildman–Crippen LogP) is 4.43. The molecular weight excluding hydrogens is 290 g/mol. The van der Waals surface area contributed by atoms with Crippen molar-refractivity contribution < 1.29 is 4.79 Å². The first kappa shape index (κ1) is 13.6. The summed E-state index contributed by atoms with van der Waals surface area (Å²) in [5.41, 5.74) is 7.20. The molecule has 2 atom stereocenters. The van der Waals surface area contributed by atoms with Crippen molar-refractivity contribution >= 4 is 27.4 Å². The second-order valence-electron chi connectivity index (χ2n) is 5.16. The Bertz CT molecular complexity index is 444. The van der Waals surface area contributed by atoms with Gasteiger partial charge in [0.2, 0.25) is 0 Å². The largest absolute Gasteiger partial charge is 0.399 e. The number of benzene rings is 1. The lowest BCUT2D eigenvalue weighted by molar-refractivity contribution is 0.0819. The molecule has 1 fully saturated rings. The van der Waals surface area contributed by atoms with Crippen LogP contribution < -0.4 is 5.73 Å². The van der Waals surface area contributed by atoms with Crippen LogP contribution in [-0.2, 0) is 0 Å². The van der Waals surface area contributed by atoms with E-state index in [0.717, 1.165) is 22.9 Å². The van der Waals surface area contributed by atoms with E-state index in [9.17, 15) is 4.79 Å². The van der Waals surface area contributed by atoms with E-state index in [1.54, 1.807) is 6.07 Å². The molecule has 98 valence electrons. The minimum atomic E-state index is 0.182. The molecule has 0 aliphatic heterocycles. The molecule has 18 heavy (non-hydrogen) atoms. The van der Waals surface area contributed by atoms with Crippen LogP contribution in [0.2, 0.25) is 0 Å². The van der Waals surface area contributed by atoms with Crippen molar-refractivity contribution in [2.45, 2.75) is 39.0 Å². The molecule has 0 aromatic heterocycles. The number of carbonyl (C=O) groups excluding carboxylic acids is 1. The Hall–Kier alpha value is -0.830. The van der Waals surface area contributed by atoms with Crippen molar-refractivity contribution in [1.29, 1.82) is 0 Å². The number of ketones is 1. The summed E-state index contributed by atoms with van der Waals surface area (Å²) in [5.74, 6) is 0.988. The van der Waals surface area contributed by atoms with Gasteiger partial charge in [-0.15, -0.1) is 0 Å². The van der Waals surface area contributed by atoms with E-state index in [-0.39, 0.29) is 11.7 Å². The Kier molecular flexibility index (Phi) is 4.44. The molecule has 1 aliphatic carbocycles. The summed E-state index contributed by atoms with van der Waals surface area (Å²) in [6, 6.07) is 5.49. The molecule has 2 nitrogen and oxygen atoms in total. The summed E-state index contributed by atoms with van der Waals surface area (Å²) >= 11 is 3.46. The van der Waals surface area contributed by atoms with E-state index < -0.39 is 0 Å². The zero-order chi connectivity index (χ0) is 13.1. The molecular formula is C15H20BrNO. The van der Waals surface area contributed by atoms with Gasteiger partial charge in [-0.2, -0.15) is 0 Å². The van der Waals surface area contributed by atoms with E-state index in [4.69, 9.17) is 5.73 Å². The van der Waals surface area contributed by atoms with Crippen molar-refractivity contribution in [2.24, 2.45) is 11.8 Å². The Labute approximate surface area is 117 Å². The van der Waals surface area contributed by atoms with Crippen LogP contribution in [0.25, 0.3) is 0 Å². The van der Waals surface area contributed by atoms with Gasteiger partial charge in [-0.1, -0.05) is 42.1 Å². The Balaban J connectivity index is 2.26. The van der Waals surface area contributed by atoms with E-state index >= 15 is 0 Å². The summed E-state index contributed by atoms with van der Waals surface area (Å²) in [5, 5.41) is 0. The minimum Gasteiger partial charge on any atom is -0.399 e. The number of nitrogens with two attached hydrogens (primary N) is 1. The number of carbonyl (C=O) groups is 1. The number of Topliss-reactive ketones (excluding diaryl/α,β-unsaturated/α-hetero) is 1. The predicted molar refractivity (Wildman–Crippen MR) is 78.6 cm³/mol. The summed E-state index contributed by atoms with van der Waals surface area (Å²) in [6.45, 7) is 2.19. The standard InChI is InChI=1S/C15H20BrNO/c1-2-10-5-3-4-6-12(10)15(18)13-9-11(17)7-8-14(13)16/h7-10,12H,2-6,17H2,1H3.